The number of hydrogen-bond donors (Lipinski definition) is 2. The van der Waals surface area contributed by atoms with Gasteiger partial charge in [-0.1, -0.05) is 20.8 Å². The Labute approximate surface area is 177 Å². The number of ether oxygens (including phenoxy) is 1. The molecule has 0 amide bonds. The van der Waals surface area contributed by atoms with Gasteiger partial charge < -0.3 is 15.2 Å². The van der Waals surface area contributed by atoms with Gasteiger partial charge in [-0.3, -0.25) is 9.67 Å². The van der Waals surface area contributed by atoms with Crippen LogP contribution in [0.3, 0.4) is 0 Å². The predicted molar refractivity (Wildman–Crippen MR) is 116 cm³/mol. The van der Waals surface area contributed by atoms with Gasteiger partial charge >= 0.3 is 0 Å². The van der Waals surface area contributed by atoms with Gasteiger partial charge in [0.25, 0.3) is 0 Å². The first-order chi connectivity index (χ1) is 14.1. The Bertz CT molecular complexity index is 1040. The van der Waals surface area contributed by atoms with Crippen molar-refractivity contribution in [3.05, 3.63) is 54.2 Å². The minimum absolute atomic E-state index is 0.117. The maximum absolute atomic E-state index is 10.2. The number of nitrogens with one attached hydrogen (secondary N) is 1. The van der Waals surface area contributed by atoms with Crippen LogP contribution in [-0.2, 0) is 11.0 Å². The van der Waals surface area contributed by atoms with Crippen molar-refractivity contribution < 1.29 is 9.84 Å². The standard InChI is InChI=1S/C23H29N5O2/c1-22(2,3)21-18(14-28(27-21)16-6-7-16)30-17-9-11-25-20(13-17)26-15-8-10-24-19(12-15)23(4,5)29/h8-14,16,29H,6-7H2,1-5H3,(H,24,25,26). The van der Waals surface area contributed by atoms with Crippen molar-refractivity contribution in [2.24, 2.45) is 0 Å². The number of nitrogens with zero attached hydrogens (tertiary/aromatic N) is 4. The van der Waals surface area contributed by atoms with E-state index in [1.807, 2.05) is 35.1 Å². The predicted octanol–water partition coefficient (Wildman–Crippen LogP) is 5.07. The summed E-state index contributed by atoms with van der Waals surface area (Å²) in [5, 5.41) is 18.2. The van der Waals surface area contributed by atoms with E-state index in [1.54, 1.807) is 26.2 Å². The van der Waals surface area contributed by atoms with Gasteiger partial charge in [0, 0.05) is 29.6 Å². The Hall–Kier alpha value is -2.93. The summed E-state index contributed by atoms with van der Waals surface area (Å²) >= 11 is 0. The zero-order valence-corrected chi connectivity index (χ0v) is 18.2. The fourth-order valence-electron chi connectivity index (χ4n) is 3.16. The minimum atomic E-state index is -1.01. The molecule has 7 heteroatoms. The average Bonchev–Trinajstić information content (AvgIpc) is 3.41. The molecule has 7 nitrogen and oxygen atoms in total. The molecule has 0 unspecified atom stereocenters. The van der Waals surface area contributed by atoms with Crippen LogP contribution in [0.2, 0.25) is 0 Å². The van der Waals surface area contributed by atoms with E-state index in [-0.39, 0.29) is 5.41 Å². The van der Waals surface area contributed by atoms with Crippen molar-refractivity contribution in [2.75, 3.05) is 5.32 Å². The first kappa shape index (κ1) is 20.3. The molecule has 0 atom stereocenters. The number of pyridine rings is 2. The van der Waals surface area contributed by atoms with E-state index in [2.05, 4.69) is 36.1 Å². The average molecular weight is 408 g/mol. The van der Waals surface area contributed by atoms with E-state index in [9.17, 15) is 5.11 Å². The van der Waals surface area contributed by atoms with Crippen LogP contribution in [0.15, 0.2) is 42.9 Å². The first-order valence-corrected chi connectivity index (χ1v) is 10.3. The molecule has 2 N–H and O–H groups in total. The lowest BCUT2D eigenvalue weighted by Crippen LogP contribution is -2.17. The summed E-state index contributed by atoms with van der Waals surface area (Å²) < 4.78 is 8.27. The van der Waals surface area contributed by atoms with Crippen molar-refractivity contribution in [3.63, 3.8) is 0 Å². The molecule has 30 heavy (non-hydrogen) atoms. The Morgan fingerprint density at radius 1 is 1.07 bits per heavy atom. The third-order valence-corrected chi connectivity index (χ3v) is 4.95. The lowest BCUT2D eigenvalue weighted by molar-refractivity contribution is 0.0739. The third kappa shape index (κ3) is 4.62. The van der Waals surface area contributed by atoms with Gasteiger partial charge in [0.1, 0.15) is 22.9 Å². The highest BCUT2D eigenvalue weighted by molar-refractivity contribution is 5.58. The fourth-order valence-corrected chi connectivity index (χ4v) is 3.16. The topological polar surface area (TPSA) is 85.1 Å². The highest BCUT2D eigenvalue weighted by Gasteiger charge is 2.30. The van der Waals surface area contributed by atoms with Crippen LogP contribution in [0.1, 0.15) is 64.9 Å². The largest absolute Gasteiger partial charge is 0.454 e. The normalized spacial score (nSPS) is 14.6. The molecule has 1 fully saturated rings. The van der Waals surface area contributed by atoms with Crippen LogP contribution in [0.5, 0.6) is 11.5 Å². The van der Waals surface area contributed by atoms with E-state index in [1.165, 1.54) is 12.8 Å². The molecule has 3 heterocycles. The van der Waals surface area contributed by atoms with E-state index < -0.39 is 5.60 Å². The lowest BCUT2D eigenvalue weighted by atomic mass is 9.92. The highest BCUT2D eigenvalue weighted by atomic mass is 16.5. The summed E-state index contributed by atoms with van der Waals surface area (Å²) in [7, 11) is 0. The van der Waals surface area contributed by atoms with Gasteiger partial charge in [-0.25, -0.2) is 4.98 Å². The monoisotopic (exact) mass is 407 g/mol. The van der Waals surface area contributed by atoms with Crippen molar-refractivity contribution in [1.29, 1.82) is 0 Å². The molecule has 3 aromatic heterocycles. The Kier molecular flexibility index (Phi) is 5.02. The smallest absolute Gasteiger partial charge is 0.169 e. The second kappa shape index (κ2) is 7.40. The van der Waals surface area contributed by atoms with E-state index >= 15 is 0 Å². The highest BCUT2D eigenvalue weighted by Crippen LogP contribution is 2.40. The SMILES string of the molecule is CC(C)(C)c1nn(C2CC2)cc1Oc1ccnc(Nc2ccnc(C(C)(C)O)c2)c1. The number of aliphatic hydroxyl groups is 1. The molecule has 3 aromatic rings. The van der Waals surface area contributed by atoms with E-state index in [0.717, 1.165) is 17.1 Å². The van der Waals surface area contributed by atoms with Crippen molar-refractivity contribution in [3.8, 4) is 11.5 Å². The van der Waals surface area contributed by atoms with Gasteiger partial charge in [0.2, 0.25) is 0 Å². The molecular formula is C23H29N5O2. The summed E-state index contributed by atoms with van der Waals surface area (Å²) in [5.74, 6) is 2.11. The molecule has 0 aliphatic heterocycles. The lowest BCUT2D eigenvalue weighted by Gasteiger charge is -2.18. The van der Waals surface area contributed by atoms with Gasteiger partial charge in [0.15, 0.2) is 5.75 Å². The molecule has 1 saturated carbocycles. The molecule has 0 bridgehead atoms. The quantitative estimate of drug-likeness (QED) is 0.593. The summed E-state index contributed by atoms with van der Waals surface area (Å²) in [6.07, 6.45) is 7.72. The summed E-state index contributed by atoms with van der Waals surface area (Å²) in [5.41, 5.74) is 1.20. The third-order valence-electron chi connectivity index (χ3n) is 4.95. The number of rotatable bonds is 6. The maximum Gasteiger partial charge on any atom is 0.169 e. The molecule has 0 saturated heterocycles. The van der Waals surface area contributed by atoms with Crippen LogP contribution in [0.4, 0.5) is 11.5 Å². The Morgan fingerprint density at radius 3 is 2.47 bits per heavy atom. The Morgan fingerprint density at radius 2 is 1.80 bits per heavy atom. The molecule has 0 radical (unpaired) electrons. The van der Waals surface area contributed by atoms with Crippen molar-refractivity contribution in [2.45, 2.75) is 64.5 Å². The molecule has 158 valence electrons. The second-order valence-electron chi connectivity index (χ2n) is 9.40. The Balaban J connectivity index is 1.56. The second-order valence-corrected chi connectivity index (χ2v) is 9.40. The molecular weight excluding hydrogens is 378 g/mol. The van der Waals surface area contributed by atoms with E-state index in [0.29, 0.717) is 23.3 Å². The van der Waals surface area contributed by atoms with Gasteiger partial charge in [0.05, 0.1) is 17.9 Å². The number of aromatic nitrogens is 4. The maximum atomic E-state index is 10.2. The number of hydrogen-bond acceptors (Lipinski definition) is 6. The zero-order chi connectivity index (χ0) is 21.5. The van der Waals surface area contributed by atoms with Crippen molar-refractivity contribution >= 4 is 11.5 Å². The van der Waals surface area contributed by atoms with Crippen LogP contribution in [0, 0.1) is 0 Å². The minimum Gasteiger partial charge on any atom is -0.454 e. The first-order valence-electron chi connectivity index (χ1n) is 10.3. The van der Waals surface area contributed by atoms with Crippen LogP contribution in [0.25, 0.3) is 0 Å². The van der Waals surface area contributed by atoms with Gasteiger partial charge in [-0.2, -0.15) is 5.10 Å². The number of anilines is 2. The van der Waals surface area contributed by atoms with Crippen LogP contribution >= 0.6 is 0 Å². The summed E-state index contributed by atoms with van der Waals surface area (Å²) in [6, 6.07) is 7.83. The summed E-state index contributed by atoms with van der Waals surface area (Å²) in [6.45, 7) is 9.84. The molecule has 4 rings (SSSR count). The molecule has 0 spiro atoms. The molecule has 1 aliphatic carbocycles. The van der Waals surface area contributed by atoms with Gasteiger partial charge in [-0.15, -0.1) is 0 Å². The van der Waals surface area contributed by atoms with Crippen LogP contribution < -0.4 is 10.1 Å². The fraction of sp³-hybridized carbons (Fsp3) is 0.435. The zero-order valence-electron chi connectivity index (χ0n) is 18.2. The molecule has 1 aliphatic rings. The van der Waals surface area contributed by atoms with Crippen LogP contribution in [-0.4, -0.2) is 24.9 Å². The van der Waals surface area contributed by atoms with E-state index in [4.69, 9.17) is 9.84 Å². The summed E-state index contributed by atoms with van der Waals surface area (Å²) in [4.78, 5) is 8.62. The van der Waals surface area contributed by atoms with Gasteiger partial charge in [-0.05, 0) is 44.9 Å². The molecule has 0 aromatic carbocycles. The van der Waals surface area contributed by atoms with Crippen molar-refractivity contribution in [1.82, 2.24) is 19.7 Å².